The largest absolute Gasteiger partial charge is 0.493 e. The van der Waals surface area contributed by atoms with E-state index in [4.69, 9.17) is 9.47 Å². The maximum absolute atomic E-state index is 12.6. The zero-order valence-corrected chi connectivity index (χ0v) is 18.7. The van der Waals surface area contributed by atoms with Crippen molar-refractivity contribution >= 4 is 23.2 Å². The Morgan fingerprint density at radius 3 is 2.70 bits per heavy atom. The molecule has 8 heteroatoms. The molecule has 1 aliphatic rings. The predicted molar refractivity (Wildman–Crippen MR) is 116 cm³/mol. The fourth-order valence-corrected chi connectivity index (χ4v) is 4.67. The highest BCUT2D eigenvalue weighted by Crippen LogP contribution is 2.33. The van der Waals surface area contributed by atoms with E-state index in [9.17, 15) is 9.59 Å². The minimum atomic E-state index is -0.435. The standard InChI is InChI=1S/C22H29N3O4S/c1-14-13-30-21(23-14)15(2)24-19(26)7-9-22(10-8-20(27)25-22)12-16-5-6-17(28-3)18(11-16)29-4/h5-6,11,13,15H,7-10,12H2,1-4H3,(H,24,26)(H,25,27)/t15-,22-/m1/s1. The van der Waals surface area contributed by atoms with Gasteiger partial charge in [0.1, 0.15) is 5.01 Å². The first kappa shape index (κ1) is 22.1. The number of rotatable bonds is 9. The van der Waals surface area contributed by atoms with Crippen molar-refractivity contribution in [1.29, 1.82) is 0 Å². The number of hydrogen-bond donors (Lipinski definition) is 2. The fraction of sp³-hybridized carbons (Fsp3) is 0.500. The lowest BCUT2D eigenvalue weighted by atomic mass is 9.84. The van der Waals surface area contributed by atoms with Crippen LogP contribution in [0.25, 0.3) is 0 Å². The smallest absolute Gasteiger partial charge is 0.220 e. The second-order valence-electron chi connectivity index (χ2n) is 7.81. The van der Waals surface area contributed by atoms with E-state index in [1.165, 1.54) is 0 Å². The molecular weight excluding hydrogens is 402 g/mol. The van der Waals surface area contributed by atoms with Crippen LogP contribution >= 0.6 is 11.3 Å². The van der Waals surface area contributed by atoms with E-state index in [1.54, 1.807) is 25.6 Å². The molecule has 7 nitrogen and oxygen atoms in total. The van der Waals surface area contributed by atoms with E-state index >= 15 is 0 Å². The molecule has 2 aromatic rings. The van der Waals surface area contributed by atoms with Gasteiger partial charge in [0.25, 0.3) is 0 Å². The molecule has 2 N–H and O–H groups in total. The number of hydrogen-bond acceptors (Lipinski definition) is 6. The number of nitrogens with one attached hydrogen (secondary N) is 2. The summed E-state index contributed by atoms with van der Waals surface area (Å²) in [4.78, 5) is 29.0. The van der Waals surface area contributed by atoms with Crippen LogP contribution in [-0.4, -0.2) is 36.6 Å². The summed E-state index contributed by atoms with van der Waals surface area (Å²) in [6.07, 6.45) is 2.72. The van der Waals surface area contributed by atoms with Gasteiger partial charge < -0.3 is 20.1 Å². The van der Waals surface area contributed by atoms with Crippen molar-refractivity contribution in [2.24, 2.45) is 0 Å². The van der Waals surface area contributed by atoms with Crippen molar-refractivity contribution in [3.63, 3.8) is 0 Å². The first-order valence-electron chi connectivity index (χ1n) is 10.1. The summed E-state index contributed by atoms with van der Waals surface area (Å²) in [6, 6.07) is 5.64. The summed E-state index contributed by atoms with van der Waals surface area (Å²) in [6.45, 7) is 3.88. The second-order valence-corrected chi connectivity index (χ2v) is 8.70. The predicted octanol–water partition coefficient (Wildman–Crippen LogP) is 3.32. The van der Waals surface area contributed by atoms with Gasteiger partial charge in [-0.25, -0.2) is 4.98 Å². The number of aryl methyl sites for hydroxylation is 1. The summed E-state index contributed by atoms with van der Waals surface area (Å²) in [7, 11) is 3.20. The third-order valence-corrected chi connectivity index (χ3v) is 6.59. The van der Waals surface area contributed by atoms with Crippen molar-refractivity contribution in [3.8, 4) is 11.5 Å². The molecule has 0 radical (unpaired) electrons. The van der Waals surface area contributed by atoms with Gasteiger partial charge in [0, 0.05) is 29.5 Å². The fourth-order valence-electron chi connectivity index (χ4n) is 3.86. The molecule has 30 heavy (non-hydrogen) atoms. The number of carbonyl (C=O) groups excluding carboxylic acids is 2. The van der Waals surface area contributed by atoms with Crippen molar-refractivity contribution in [1.82, 2.24) is 15.6 Å². The topological polar surface area (TPSA) is 89.5 Å². The number of ether oxygens (including phenoxy) is 2. The molecule has 2 amide bonds. The van der Waals surface area contributed by atoms with Gasteiger partial charge >= 0.3 is 0 Å². The number of benzene rings is 1. The van der Waals surface area contributed by atoms with Crippen LogP contribution in [-0.2, 0) is 16.0 Å². The molecule has 1 saturated heterocycles. The summed E-state index contributed by atoms with van der Waals surface area (Å²) in [5.74, 6) is 1.31. The lowest BCUT2D eigenvalue weighted by Gasteiger charge is -2.30. The summed E-state index contributed by atoms with van der Waals surface area (Å²) in [5.41, 5.74) is 1.55. The average molecular weight is 432 g/mol. The van der Waals surface area contributed by atoms with Gasteiger partial charge in [-0.1, -0.05) is 6.07 Å². The molecule has 3 rings (SSSR count). The minimum absolute atomic E-state index is 0.0301. The van der Waals surface area contributed by atoms with Crippen LogP contribution in [0.1, 0.15) is 54.9 Å². The van der Waals surface area contributed by atoms with Crippen LogP contribution in [0.2, 0.25) is 0 Å². The molecule has 1 aliphatic heterocycles. The number of methoxy groups -OCH3 is 2. The highest BCUT2D eigenvalue weighted by Gasteiger charge is 2.38. The van der Waals surface area contributed by atoms with Gasteiger partial charge in [0.15, 0.2) is 11.5 Å². The van der Waals surface area contributed by atoms with Gasteiger partial charge in [-0.2, -0.15) is 0 Å². The number of thiazole rings is 1. The van der Waals surface area contributed by atoms with Gasteiger partial charge in [0.2, 0.25) is 11.8 Å². The first-order valence-corrected chi connectivity index (χ1v) is 11.0. The van der Waals surface area contributed by atoms with E-state index in [0.29, 0.717) is 43.6 Å². The lowest BCUT2D eigenvalue weighted by molar-refractivity contribution is -0.123. The Bertz CT molecular complexity index is 914. The van der Waals surface area contributed by atoms with Gasteiger partial charge in [-0.05, 0) is 50.8 Å². The molecule has 0 bridgehead atoms. The third-order valence-electron chi connectivity index (χ3n) is 5.44. The zero-order chi connectivity index (χ0) is 21.7. The van der Waals surface area contributed by atoms with Crippen LogP contribution in [0.3, 0.4) is 0 Å². The number of carbonyl (C=O) groups is 2. The molecule has 1 aromatic carbocycles. The maximum atomic E-state index is 12.6. The lowest BCUT2D eigenvalue weighted by Crippen LogP contribution is -2.44. The molecule has 0 aliphatic carbocycles. The highest BCUT2D eigenvalue weighted by atomic mass is 32.1. The SMILES string of the molecule is COc1ccc(C[C@@]2(CCC(=O)N[C@H](C)c3nc(C)cs3)CCC(=O)N2)cc1OC. The normalized spacial score (nSPS) is 19.3. The van der Waals surface area contributed by atoms with E-state index in [2.05, 4.69) is 15.6 Å². The molecule has 0 spiro atoms. The van der Waals surface area contributed by atoms with Gasteiger partial charge in [0.05, 0.1) is 20.3 Å². The van der Waals surface area contributed by atoms with Crippen LogP contribution < -0.4 is 20.1 Å². The van der Waals surface area contributed by atoms with Crippen molar-refractivity contribution < 1.29 is 19.1 Å². The Labute approximate surface area is 181 Å². The molecule has 0 unspecified atom stereocenters. The Balaban J connectivity index is 1.65. The zero-order valence-electron chi connectivity index (χ0n) is 17.9. The number of amides is 2. The Hall–Kier alpha value is -2.61. The Morgan fingerprint density at radius 1 is 1.33 bits per heavy atom. The van der Waals surface area contributed by atoms with E-state index < -0.39 is 5.54 Å². The van der Waals surface area contributed by atoms with Crippen molar-refractivity contribution in [2.45, 2.75) is 57.5 Å². The summed E-state index contributed by atoms with van der Waals surface area (Å²) < 4.78 is 10.7. The van der Waals surface area contributed by atoms with Gasteiger partial charge in [-0.3, -0.25) is 9.59 Å². The molecule has 1 aromatic heterocycles. The van der Waals surface area contributed by atoms with E-state index in [-0.39, 0.29) is 17.9 Å². The van der Waals surface area contributed by atoms with Crippen LogP contribution in [0.4, 0.5) is 0 Å². The average Bonchev–Trinajstić information content (AvgIpc) is 3.32. The minimum Gasteiger partial charge on any atom is -0.493 e. The van der Waals surface area contributed by atoms with Crippen LogP contribution in [0.15, 0.2) is 23.6 Å². The third kappa shape index (κ3) is 5.30. The molecule has 2 heterocycles. The monoisotopic (exact) mass is 431 g/mol. The molecule has 0 saturated carbocycles. The molecule has 2 atom stereocenters. The van der Waals surface area contributed by atoms with Crippen LogP contribution in [0.5, 0.6) is 11.5 Å². The summed E-state index contributed by atoms with van der Waals surface area (Å²) >= 11 is 1.55. The Morgan fingerprint density at radius 2 is 2.10 bits per heavy atom. The van der Waals surface area contributed by atoms with Crippen molar-refractivity contribution in [2.75, 3.05) is 14.2 Å². The highest BCUT2D eigenvalue weighted by molar-refractivity contribution is 7.09. The van der Waals surface area contributed by atoms with Crippen molar-refractivity contribution in [3.05, 3.63) is 39.8 Å². The van der Waals surface area contributed by atoms with E-state index in [1.807, 2.05) is 37.4 Å². The number of nitrogens with zero attached hydrogens (tertiary/aromatic N) is 1. The molecule has 1 fully saturated rings. The summed E-state index contributed by atoms with van der Waals surface area (Å²) in [5, 5.41) is 9.02. The van der Waals surface area contributed by atoms with Gasteiger partial charge in [-0.15, -0.1) is 11.3 Å². The maximum Gasteiger partial charge on any atom is 0.220 e. The quantitative estimate of drug-likeness (QED) is 0.636. The molecular formula is C22H29N3O4S. The second kappa shape index (κ2) is 9.47. The first-order chi connectivity index (χ1) is 14.3. The molecule has 162 valence electrons. The van der Waals surface area contributed by atoms with E-state index in [0.717, 1.165) is 16.3 Å². The Kier molecular flexibility index (Phi) is 6.97. The van der Waals surface area contributed by atoms with Crippen LogP contribution in [0, 0.1) is 6.92 Å². The number of aromatic nitrogens is 1.